The van der Waals surface area contributed by atoms with Gasteiger partial charge in [-0.05, 0) is 62.5 Å². The van der Waals surface area contributed by atoms with Crippen molar-refractivity contribution in [3.05, 3.63) is 48.0 Å². The van der Waals surface area contributed by atoms with Crippen molar-refractivity contribution in [2.45, 2.75) is 63.3 Å². The standard InChI is InChI=1S/C23H33NO4/c25-20(17-8-4-3-5-9-17)16-24-15-14-19-18(21-12-13-22(19)28-21)10-6-1-2-7-11-23(26)27/h1,3-6,8-9,18-22,24-25H,2,7,10-16H2,(H,26,27)/b6-1-/t18-,19+,20?,21-,22+/m1/s1. The molecule has 1 unspecified atom stereocenters. The fraction of sp³-hybridized carbons (Fsp3) is 0.609. The van der Waals surface area contributed by atoms with E-state index in [2.05, 4.69) is 17.5 Å². The molecule has 2 fully saturated rings. The quantitative estimate of drug-likeness (QED) is 0.376. The second kappa shape index (κ2) is 10.7. The Labute approximate surface area is 167 Å². The van der Waals surface area contributed by atoms with Gasteiger partial charge in [-0.1, -0.05) is 42.5 Å². The molecule has 0 amide bonds. The number of fused-ring (bicyclic) bond motifs is 2. The molecule has 0 aliphatic carbocycles. The highest BCUT2D eigenvalue weighted by molar-refractivity contribution is 5.66. The second-order valence-corrected chi connectivity index (χ2v) is 8.03. The molecule has 5 atom stereocenters. The molecular weight excluding hydrogens is 354 g/mol. The van der Waals surface area contributed by atoms with Crippen molar-refractivity contribution in [2.75, 3.05) is 13.1 Å². The number of rotatable bonds is 12. The monoisotopic (exact) mass is 387 g/mol. The van der Waals surface area contributed by atoms with Gasteiger partial charge in [-0.3, -0.25) is 4.79 Å². The van der Waals surface area contributed by atoms with Crippen molar-refractivity contribution in [2.24, 2.45) is 11.8 Å². The zero-order valence-corrected chi connectivity index (χ0v) is 16.5. The minimum Gasteiger partial charge on any atom is -0.481 e. The van der Waals surface area contributed by atoms with E-state index in [-0.39, 0.29) is 6.42 Å². The van der Waals surface area contributed by atoms with E-state index in [1.165, 1.54) is 12.8 Å². The van der Waals surface area contributed by atoms with Crippen LogP contribution < -0.4 is 5.32 Å². The van der Waals surface area contributed by atoms with Crippen LogP contribution in [0.4, 0.5) is 0 Å². The van der Waals surface area contributed by atoms with Gasteiger partial charge in [0, 0.05) is 13.0 Å². The van der Waals surface area contributed by atoms with Crippen molar-refractivity contribution in [3.63, 3.8) is 0 Å². The zero-order valence-electron chi connectivity index (χ0n) is 16.5. The van der Waals surface area contributed by atoms with E-state index < -0.39 is 12.1 Å². The maximum atomic E-state index is 10.6. The van der Waals surface area contributed by atoms with Crippen LogP contribution in [-0.4, -0.2) is 41.5 Å². The minimum atomic E-state index is -0.722. The fourth-order valence-corrected chi connectivity index (χ4v) is 4.64. The first-order chi connectivity index (χ1) is 13.6. The lowest BCUT2D eigenvalue weighted by Gasteiger charge is -2.27. The number of ether oxygens (including phenoxy) is 1. The Morgan fingerprint density at radius 3 is 2.68 bits per heavy atom. The first-order valence-corrected chi connectivity index (χ1v) is 10.6. The van der Waals surface area contributed by atoms with Gasteiger partial charge in [0.1, 0.15) is 0 Å². The summed E-state index contributed by atoms with van der Waals surface area (Å²) in [5.41, 5.74) is 0.948. The highest BCUT2D eigenvalue weighted by atomic mass is 16.5. The third kappa shape index (κ3) is 5.90. The number of aliphatic hydroxyl groups is 1. The largest absolute Gasteiger partial charge is 0.481 e. The predicted octanol–water partition coefficient (Wildman–Crippen LogP) is 3.69. The van der Waals surface area contributed by atoms with Crippen LogP contribution in [-0.2, 0) is 9.53 Å². The number of benzene rings is 1. The number of nitrogens with one attached hydrogen (secondary N) is 1. The third-order valence-corrected chi connectivity index (χ3v) is 6.10. The van der Waals surface area contributed by atoms with E-state index in [0.29, 0.717) is 37.0 Å². The van der Waals surface area contributed by atoms with E-state index >= 15 is 0 Å². The topological polar surface area (TPSA) is 78.8 Å². The van der Waals surface area contributed by atoms with Gasteiger partial charge in [-0.2, -0.15) is 0 Å². The van der Waals surface area contributed by atoms with Gasteiger partial charge in [-0.15, -0.1) is 0 Å². The maximum absolute atomic E-state index is 10.6. The van der Waals surface area contributed by atoms with Gasteiger partial charge in [0.15, 0.2) is 0 Å². The predicted molar refractivity (Wildman–Crippen MR) is 109 cm³/mol. The number of aliphatic carboxylic acids is 1. The number of carboxylic acid groups (broad SMARTS) is 1. The number of carboxylic acids is 1. The molecule has 2 bridgehead atoms. The lowest BCUT2D eigenvalue weighted by Crippen LogP contribution is -2.31. The van der Waals surface area contributed by atoms with Crippen molar-refractivity contribution >= 4 is 5.97 Å². The molecule has 3 rings (SSSR count). The van der Waals surface area contributed by atoms with Crippen molar-refractivity contribution in [1.82, 2.24) is 5.32 Å². The van der Waals surface area contributed by atoms with Crippen LogP contribution in [0.25, 0.3) is 0 Å². The van der Waals surface area contributed by atoms with Crippen LogP contribution >= 0.6 is 0 Å². The van der Waals surface area contributed by atoms with Crippen molar-refractivity contribution in [1.29, 1.82) is 0 Å². The fourth-order valence-electron chi connectivity index (χ4n) is 4.64. The van der Waals surface area contributed by atoms with E-state index in [4.69, 9.17) is 9.84 Å². The van der Waals surface area contributed by atoms with Crippen molar-refractivity contribution in [3.8, 4) is 0 Å². The van der Waals surface area contributed by atoms with Gasteiger partial charge in [0.05, 0.1) is 18.3 Å². The Hall–Kier alpha value is -1.69. The van der Waals surface area contributed by atoms with Crippen molar-refractivity contribution < 1.29 is 19.7 Å². The van der Waals surface area contributed by atoms with Gasteiger partial charge < -0.3 is 20.3 Å². The Morgan fingerprint density at radius 1 is 1.18 bits per heavy atom. The molecule has 2 heterocycles. The summed E-state index contributed by atoms with van der Waals surface area (Å²) in [5, 5.41) is 22.4. The molecule has 2 saturated heterocycles. The Morgan fingerprint density at radius 2 is 1.93 bits per heavy atom. The summed E-state index contributed by atoms with van der Waals surface area (Å²) in [6.45, 7) is 1.46. The van der Waals surface area contributed by atoms with E-state index in [9.17, 15) is 9.90 Å². The number of carbonyl (C=O) groups is 1. The summed E-state index contributed by atoms with van der Waals surface area (Å²) in [6.07, 6.45) is 10.8. The molecular formula is C23H33NO4. The summed E-state index contributed by atoms with van der Waals surface area (Å²) >= 11 is 0. The summed E-state index contributed by atoms with van der Waals surface area (Å²) in [5.74, 6) is 0.416. The molecule has 1 aromatic carbocycles. The summed E-state index contributed by atoms with van der Waals surface area (Å²) in [7, 11) is 0. The summed E-state index contributed by atoms with van der Waals surface area (Å²) < 4.78 is 6.17. The van der Waals surface area contributed by atoms with Crippen LogP contribution in [0.15, 0.2) is 42.5 Å². The summed E-state index contributed by atoms with van der Waals surface area (Å²) in [6, 6.07) is 9.76. The maximum Gasteiger partial charge on any atom is 0.303 e. The van der Waals surface area contributed by atoms with Crippen LogP contribution in [0.3, 0.4) is 0 Å². The third-order valence-electron chi connectivity index (χ3n) is 6.10. The van der Waals surface area contributed by atoms with Gasteiger partial charge in [-0.25, -0.2) is 0 Å². The van der Waals surface area contributed by atoms with E-state index in [1.807, 2.05) is 30.3 Å². The number of unbranched alkanes of at least 4 members (excludes halogenated alkanes) is 1. The summed E-state index contributed by atoms with van der Waals surface area (Å²) in [4.78, 5) is 10.6. The normalized spacial score (nSPS) is 27.5. The minimum absolute atomic E-state index is 0.241. The van der Waals surface area contributed by atoms with Crippen LogP contribution in [0.5, 0.6) is 0 Å². The molecule has 0 spiro atoms. The highest BCUT2D eigenvalue weighted by Crippen LogP contribution is 2.46. The van der Waals surface area contributed by atoms with Gasteiger partial charge in [0.2, 0.25) is 0 Å². The molecule has 0 aromatic heterocycles. The Bertz CT molecular complexity index is 633. The Balaban J connectivity index is 1.38. The van der Waals surface area contributed by atoms with E-state index in [0.717, 1.165) is 31.4 Å². The molecule has 5 heteroatoms. The first-order valence-electron chi connectivity index (χ1n) is 10.6. The van der Waals surface area contributed by atoms with Crippen LogP contribution in [0.1, 0.15) is 56.6 Å². The molecule has 1 aromatic rings. The number of aliphatic hydroxyl groups excluding tert-OH is 1. The average Bonchev–Trinajstić information content (AvgIpc) is 3.30. The van der Waals surface area contributed by atoms with Gasteiger partial charge >= 0.3 is 5.97 Å². The lowest BCUT2D eigenvalue weighted by atomic mass is 9.76. The Kier molecular flexibility index (Phi) is 8.07. The zero-order chi connectivity index (χ0) is 19.8. The molecule has 3 N–H and O–H groups in total. The number of hydrogen-bond acceptors (Lipinski definition) is 4. The lowest BCUT2D eigenvalue weighted by molar-refractivity contribution is -0.137. The highest BCUT2D eigenvalue weighted by Gasteiger charge is 2.47. The number of allylic oxidation sites excluding steroid dienone is 2. The molecule has 2 aliphatic rings. The second-order valence-electron chi connectivity index (χ2n) is 8.03. The molecule has 0 saturated carbocycles. The van der Waals surface area contributed by atoms with Crippen LogP contribution in [0, 0.1) is 11.8 Å². The molecule has 5 nitrogen and oxygen atoms in total. The molecule has 28 heavy (non-hydrogen) atoms. The average molecular weight is 388 g/mol. The smallest absolute Gasteiger partial charge is 0.303 e. The first kappa shape index (κ1) is 21.0. The molecule has 2 aliphatic heterocycles. The van der Waals surface area contributed by atoms with Crippen LogP contribution in [0.2, 0.25) is 0 Å². The SMILES string of the molecule is O=C(O)CCC/C=C\C[C@@H]1[C@H](CCNCC(O)c2ccccc2)[C@@H]2CC[C@H]1O2. The molecule has 0 radical (unpaired) electrons. The van der Waals surface area contributed by atoms with Gasteiger partial charge in [0.25, 0.3) is 0 Å². The number of hydrogen-bond donors (Lipinski definition) is 3. The molecule has 154 valence electrons. The van der Waals surface area contributed by atoms with E-state index in [1.54, 1.807) is 0 Å².